The Bertz CT molecular complexity index is 1300. The van der Waals surface area contributed by atoms with Crippen LogP contribution in [0.1, 0.15) is 181 Å². The van der Waals surface area contributed by atoms with Gasteiger partial charge in [0, 0.05) is 6.42 Å². The van der Waals surface area contributed by atoms with Crippen LogP contribution in [0.3, 0.4) is 0 Å². The molecule has 0 aliphatic heterocycles. The predicted molar refractivity (Wildman–Crippen MR) is 259 cm³/mol. The maximum atomic E-state index is 13.1. The van der Waals surface area contributed by atoms with Crippen molar-refractivity contribution < 1.29 is 24.5 Å². The van der Waals surface area contributed by atoms with Crippen LogP contribution in [0.25, 0.3) is 0 Å². The van der Waals surface area contributed by atoms with Gasteiger partial charge >= 0.3 is 5.97 Å². The van der Waals surface area contributed by atoms with E-state index in [9.17, 15) is 19.8 Å². The first-order chi connectivity index (χ1) is 29.5. The number of aliphatic hydroxyl groups excluding tert-OH is 2. The summed E-state index contributed by atoms with van der Waals surface area (Å²) in [4.78, 5) is 26.0. The summed E-state index contributed by atoms with van der Waals surface area (Å²) in [5, 5.41) is 23.6. The van der Waals surface area contributed by atoms with Gasteiger partial charge in [-0.25, -0.2) is 0 Å². The SMILES string of the molecule is CC/C=C\C/C=C\C/C=C\C/C=C\C/C=C\C/C=C\CCC(=O)OC(CCC\C=C/C=C\C=C\C=C\CC)CC(=O)NC(CO)C(O)CCCCCCCCCCCCC. The molecule has 0 radical (unpaired) electrons. The molecule has 0 fully saturated rings. The molecule has 3 N–H and O–H groups in total. The molecule has 60 heavy (non-hydrogen) atoms. The second kappa shape index (κ2) is 46.3. The molecule has 338 valence electrons. The van der Waals surface area contributed by atoms with E-state index in [1.165, 1.54) is 51.4 Å². The molecule has 3 unspecified atom stereocenters. The van der Waals surface area contributed by atoms with Crippen molar-refractivity contribution in [3.05, 3.63) is 122 Å². The highest BCUT2D eigenvalue weighted by molar-refractivity contribution is 5.77. The van der Waals surface area contributed by atoms with E-state index in [4.69, 9.17) is 4.74 Å². The number of hydrogen-bond acceptors (Lipinski definition) is 5. The first kappa shape index (κ1) is 56.3. The van der Waals surface area contributed by atoms with Gasteiger partial charge in [-0.1, -0.05) is 213 Å². The van der Waals surface area contributed by atoms with Crippen molar-refractivity contribution in [3.63, 3.8) is 0 Å². The van der Waals surface area contributed by atoms with E-state index in [0.717, 1.165) is 77.0 Å². The van der Waals surface area contributed by atoms with Crippen molar-refractivity contribution in [2.45, 2.75) is 200 Å². The lowest BCUT2D eigenvalue weighted by Gasteiger charge is -2.24. The molecule has 1 amide bonds. The van der Waals surface area contributed by atoms with Crippen molar-refractivity contribution in [1.82, 2.24) is 5.32 Å². The maximum Gasteiger partial charge on any atom is 0.306 e. The van der Waals surface area contributed by atoms with Crippen LogP contribution in [-0.4, -0.2) is 46.9 Å². The lowest BCUT2D eigenvalue weighted by atomic mass is 10.0. The van der Waals surface area contributed by atoms with Gasteiger partial charge in [0.15, 0.2) is 0 Å². The third kappa shape index (κ3) is 41.0. The van der Waals surface area contributed by atoms with Gasteiger partial charge in [-0.2, -0.15) is 0 Å². The third-order valence-electron chi connectivity index (χ3n) is 9.89. The Labute approximate surface area is 368 Å². The van der Waals surface area contributed by atoms with E-state index in [-0.39, 0.29) is 31.3 Å². The molecule has 0 rings (SSSR count). The lowest BCUT2D eigenvalue weighted by molar-refractivity contribution is -0.150. The summed E-state index contributed by atoms with van der Waals surface area (Å²) in [5.41, 5.74) is 0. The second-order valence-electron chi connectivity index (χ2n) is 15.5. The average molecular weight is 830 g/mol. The van der Waals surface area contributed by atoms with Crippen LogP contribution in [0.2, 0.25) is 0 Å². The Morgan fingerprint density at radius 3 is 1.50 bits per heavy atom. The van der Waals surface area contributed by atoms with E-state index < -0.39 is 18.2 Å². The zero-order valence-electron chi connectivity index (χ0n) is 38.3. The molecule has 0 bridgehead atoms. The average Bonchev–Trinajstić information content (AvgIpc) is 3.24. The molecule has 0 aliphatic carbocycles. The number of amides is 1. The fourth-order valence-corrected chi connectivity index (χ4v) is 6.35. The molecule has 0 spiro atoms. The molecule has 0 aromatic rings. The van der Waals surface area contributed by atoms with Crippen LogP contribution in [-0.2, 0) is 14.3 Å². The Balaban J connectivity index is 4.77. The van der Waals surface area contributed by atoms with Crippen LogP contribution in [0.5, 0.6) is 0 Å². The Kier molecular flexibility index (Phi) is 43.4. The van der Waals surface area contributed by atoms with Crippen molar-refractivity contribution in [1.29, 1.82) is 0 Å². The van der Waals surface area contributed by atoms with Gasteiger partial charge in [0.25, 0.3) is 0 Å². The first-order valence-corrected chi connectivity index (χ1v) is 23.8. The van der Waals surface area contributed by atoms with Gasteiger partial charge in [0.2, 0.25) is 5.91 Å². The summed E-state index contributed by atoms with van der Waals surface area (Å²) in [5.74, 6) is -0.658. The smallest absolute Gasteiger partial charge is 0.306 e. The van der Waals surface area contributed by atoms with E-state index in [2.05, 4.69) is 105 Å². The number of nitrogens with one attached hydrogen (secondary N) is 1. The second-order valence-corrected chi connectivity index (χ2v) is 15.5. The van der Waals surface area contributed by atoms with Crippen molar-refractivity contribution in [3.8, 4) is 0 Å². The van der Waals surface area contributed by atoms with Crippen molar-refractivity contribution in [2.24, 2.45) is 0 Å². The molecule has 6 heteroatoms. The Hall–Kier alpha value is -3.74. The molecule has 0 aliphatic rings. The summed E-state index contributed by atoms with van der Waals surface area (Å²) in [6.45, 7) is 6.15. The molecule has 0 aromatic carbocycles. The van der Waals surface area contributed by atoms with E-state index in [1.54, 1.807) is 0 Å². The maximum absolute atomic E-state index is 13.1. The molecular weight excluding hydrogens is 743 g/mol. The minimum atomic E-state index is -0.824. The highest BCUT2D eigenvalue weighted by Crippen LogP contribution is 2.15. The van der Waals surface area contributed by atoms with Crippen LogP contribution in [0.15, 0.2) is 122 Å². The minimum Gasteiger partial charge on any atom is -0.462 e. The quantitative estimate of drug-likeness (QED) is 0.0247. The summed E-state index contributed by atoms with van der Waals surface area (Å²) < 4.78 is 5.83. The fraction of sp³-hybridized carbons (Fsp3) is 0.593. The van der Waals surface area contributed by atoms with Gasteiger partial charge in [-0.15, -0.1) is 0 Å². The number of aliphatic hydroxyl groups is 2. The molecule has 6 nitrogen and oxygen atoms in total. The number of carbonyl (C=O) groups is 2. The zero-order chi connectivity index (χ0) is 43.8. The molecule has 3 atom stereocenters. The van der Waals surface area contributed by atoms with Crippen molar-refractivity contribution >= 4 is 11.9 Å². The number of rotatable bonds is 40. The predicted octanol–water partition coefficient (Wildman–Crippen LogP) is 14.1. The number of ether oxygens (including phenoxy) is 1. The monoisotopic (exact) mass is 830 g/mol. The third-order valence-corrected chi connectivity index (χ3v) is 9.89. The fourth-order valence-electron chi connectivity index (χ4n) is 6.35. The Morgan fingerprint density at radius 1 is 0.517 bits per heavy atom. The lowest BCUT2D eigenvalue weighted by Crippen LogP contribution is -2.46. The van der Waals surface area contributed by atoms with E-state index >= 15 is 0 Å². The van der Waals surface area contributed by atoms with Crippen LogP contribution in [0, 0.1) is 0 Å². The molecule has 0 heterocycles. The minimum absolute atomic E-state index is 0.00694. The Morgan fingerprint density at radius 2 is 0.983 bits per heavy atom. The van der Waals surface area contributed by atoms with Crippen molar-refractivity contribution in [2.75, 3.05) is 6.61 Å². The van der Waals surface area contributed by atoms with Gasteiger partial charge in [0.05, 0.1) is 25.2 Å². The van der Waals surface area contributed by atoms with Gasteiger partial charge in [-0.3, -0.25) is 9.59 Å². The summed E-state index contributed by atoms with van der Waals surface area (Å²) in [6.07, 6.45) is 64.2. The molecule has 0 saturated carbocycles. The van der Waals surface area contributed by atoms with E-state index in [0.29, 0.717) is 19.3 Å². The number of esters is 1. The number of carbonyl (C=O) groups excluding carboxylic acids is 2. The standard InChI is InChI=1S/C54H87NO5/c1-4-7-10-13-16-19-22-23-24-25-26-27-28-29-32-35-38-41-44-47-54(59)60-50(45-42-39-36-33-30-20-17-14-11-8-5-2)48-53(58)55-51(49-56)52(57)46-43-40-37-34-31-21-18-15-12-9-6-3/h7-8,10-11,14,16-17,19-20,23-24,26-27,29-30,32-33,36,38,41,50-52,56-57H,4-6,9,12-13,15,18,21-22,25,28,31,34-35,37,39-40,42-49H2,1-3H3,(H,55,58)/b10-7-,11-8+,17-14+,19-16-,24-23-,27-26-,30-20-,32-29-,36-33-,41-38-. The molecule has 0 saturated heterocycles. The highest BCUT2D eigenvalue weighted by atomic mass is 16.5. The molecular formula is C54H87NO5. The van der Waals surface area contributed by atoms with Gasteiger partial charge in [0.1, 0.15) is 6.10 Å². The van der Waals surface area contributed by atoms with E-state index in [1.807, 2.05) is 42.5 Å². The molecule has 0 aromatic heterocycles. The number of hydrogen-bond donors (Lipinski definition) is 3. The largest absolute Gasteiger partial charge is 0.462 e. The van der Waals surface area contributed by atoms with Crippen LogP contribution in [0.4, 0.5) is 0 Å². The summed E-state index contributed by atoms with van der Waals surface area (Å²) >= 11 is 0. The normalized spacial score (nSPS) is 14.4. The van der Waals surface area contributed by atoms with Crippen LogP contribution < -0.4 is 5.32 Å². The first-order valence-electron chi connectivity index (χ1n) is 23.8. The van der Waals surface area contributed by atoms with Gasteiger partial charge < -0.3 is 20.3 Å². The van der Waals surface area contributed by atoms with Gasteiger partial charge in [-0.05, 0) is 77.0 Å². The zero-order valence-corrected chi connectivity index (χ0v) is 38.3. The number of unbranched alkanes of at least 4 members (excludes halogenated alkanes) is 11. The summed E-state index contributed by atoms with van der Waals surface area (Å²) in [6, 6.07) is -0.744. The van der Waals surface area contributed by atoms with Crippen LogP contribution >= 0.6 is 0 Å². The topological polar surface area (TPSA) is 95.9 Å². The highest BCUT2D eigenvalue weighted by Gasteiger charge is 2.23. The number of allylic oxidation sites excluding steroid dienone is 20. The summed E-state index contributed by atoms with van der Waals surface area (Å²) in [7, 11) is 0.